The van der Waals surface area contributed by atoms with Crippen LogP contribution in [0.15, 0.2) is 21.5 Å². The summed E-state index contributed by atoms with van der Waals surface area (Å²) >= 11 is 5.45. The average Bonchev–Trinajstić information content (AvgIpc) is 2.07. The number of halogens is 2. The molecule has 0 N–H and O–H groups in total. The van der Waals surface area contributed by atoms with E-state index in [0.717, 1.165) is 8.04 Å². The summed E-state index contributed by atoms with van der Waals surface area (Å²) in [5, 5.41) is 0. The molecule has 0 spiro atoms. The molecule has 1 aliphatic rings. The third-order valence-corrected chi connectivity index (χ3v) is 4.56. The first-order valence-electron chi connectivity index (χ1n) is 4.17. The van der Waals surface area contributed by atoms with E-state index < -0.39 is 0 Å². The van der Waals surface area contributed by atoms with Crippen LogP contribution in [0.25, 0.3) is 0 Å². The van der Waals surface area contributed by atoms with Crippen LogP contribution in [-0.4, -0.2) is 10.4 Å². The fourth-order valence-electron chi connectivity index (χ4n) is 1.45. The van der Waals surface area contributed by atoms with Crippen LogP contribution in [-0.2, 0) is 4.79 Å². The summed E-state index contributed by atoms with van der Waals surface area (Å²) in [6, 6.07) is 1.63. The number of hydrogen-bond donors (Lipinski definition) is 0. The van der Waals surface area contributed by atoms with Crippen LogP contribution in [0.5, 0.6) is 0 Å². The second-order valence-electron chi connectivity index (χ2n) is 3.32. The van der Waals surface area contributed by atoms with E-state index in [-0.39, 0.29) is 17.4 Å². The molecular weight excluding hydrogens is 361 g/mol. The third-order valence-electron chi connectivity index (χ3n) is 2.31. The van der Waals surface area contributed by atoms with Crippen LogP contribution in [0.2, 0.25) is 0 Å². The maximum Gasteiger partial charge on any atom is 0.251 e. The van der Waals surface area contributed by atoms with Gasteiger partial charge in [0.1, 0.15) is 5.78 Å². The molecule has 0 radical (unpaired) electrons. The number of Topliss-reactive ketones (excluding diaryl/α,β-unsaturated/α-hetero) is 1. The van der Waals surface area contributed by atoms with Crippen molar-refractivity contribution in [2.24, 2.45) is 0 Å². The first kappa shape index (κ1) is 10.4. The fraction of sp³-hybridized carbons (Fsp3) is 0.333. The minimum atomic E-state index is -0.0465. The molecule has 3 nitrogen and oxygen atoms in total. The summed E-state index contributed by atoms with van der Waals surface area (Å²) in [5.74, 6) is 0.236. The molecule has 1 saturated carbocycles. The summed E-state index contributed by atoms with van der Waals surface area (Å²) in [4.78, 5) is 22.4. The van der Waals surface area contributed by atoms with Gasteiger partial charge in [0.15, 0.2) is 0 Å². The molecule has 0 atom stereocenters. The number of pyridine rings is 1. The average molecular weight is 368 g/mol. The van der Waals surface area contributed by atoms with Crippen molar-refractivity contribution in [3.63, 3.8) is 0 Å². The number of ketones is 1. The number of carbonyl (C=O) groups excluding carboxylic acids is 1. The predicted molar refractivity (Wildman–Crippen MR) is 64.4 cm³/mol. The first-order chi connectivity index (χ1) is 6.58. The zero-order valence-corrected chi connectivity index (χ0v) is 10.9. The van der Waals surface area contributed by atoms with Crippen molar-refractivity contribution >= 4 is 44.3 Å². The molecule has 1 fully saturated rings. The lowest BCUT2D eigenvalue weighted by atomic mass is 9.91. The molecule has 74 valence electrons. The summed E-state index contributed by atoms with van der Waals surface area (Å²) in [6.07, 6.45) is 2.79. The van der Waals surface area contributed by atoms with Crippen LogP contribution < -0.4 is 5.56 Å². The van der Waals surface area contributed by atoms with Crippen molar-refractivity contribution in [3.8, 4) is 0 Å². The van der Waals surface area contributed by atoms with Crippen LogP contribution in [0.1, 0.15) is 18.9 Å². The maximum absolute atomic E-state index is 11.6. The highest BCUT2D eigenvalue weighted by Crippen LogP contribution is 2.28. The van der Waals surface area contributed by atoms with E-state index in [0.29, 0.717) is 12.8 Å². The SMILES string of the molecule is O=C1CC(n2cc(I)c(Br)cc2=O)C1. The monoisotopic (exact) mass is 367 g/mol. The normalized spacial score (nSPS) is 16.9. The highest BCUT2D eigenvalue weighted by Gasteiger charge is 2.28. The molecular formula is C9H7BrINO2. The van der Waals surface area contributed by atoms with Gasteiger partial charge in [-0.25, -0.2) is 0 Å². The third kappa shape index (κ3) is 1.79. The van der Waals surface area contributed by atoms with Crippen LogP contribution in [0, 0.1) is 3.57 Å². The first-order valence-corrected chi connectivity index (χ1v) is 6.04. The van der Waals surface area contributed by atoms with Crippen molar-refractivity contribution in [1.29, 1.82) is 0 Å². The number of nitrogens with zero attached hydrogens (tertiary/aromatic N) is 1. The highest BCUT2D eigenvalue weighted by molar-refractivity contribution is 14.1. The van der Waals surface area contributed by atoms with Gasteiger partial charge in [-0.3, -0.25) is 9.59 Å². The summed E-state index contributed by atoms with van der Waals surface area (Å²) in [5.41, 5.74) is -0.0465. The summed E-state index contributed by atoms with van der Waals surface area (Å²) in [7, 11) is 0. The topological polar surface area (TPSA) is 39.1 Å². The van der Waals surface area contributed by atoms with E-state index in [1.807, 2.05) is 0 Å². The molecule has 14 heavy (non-hydrogen) atoms. The van der Waals surface area contributed by atoms with E-state index in [1.54, 1.807) is 16.8 Å². The Morgan fingerprint density at radius 3 is 2.64 bits per heavy atom. The lowest BCUT2D eigenvalue weighted by molar-refractivity contribution is -0.126. The second kappa shape index (κ2) is 3.77. The Morgan fingerprint density at radius 1 is 1.43 bits per heavy atom. The Labute approximate surface area is 103 Å². The van der Waals surface area contributed by atoms with Gasteiger partial charge >= 0.3 is 0 Å². The Balaban J connectivity index is 2.39. The van der Waals surface area contributed by atoms with E-state index >= 15 is 0 Å². The summed E-state index contributed by atoms with van der Waals surface area (Å²) < 4.78 is 3.44. The Kier molecular flexibility index (Phi) is 2.79. The van der Waals surface area contributed by atoms with Gasteiger partial charge in [-0.05, 0) is 38.5 Å². The molecule has 1 aromatic heterocycles. The van der Waals surface area contributed by atoms with Gasteiger partial charge in [0.05, 0.1) is 6.04 Å². The number of carbonyl (C=O) groups is 1. The molecule has 0 aromatic carbocycles. The smallest absolute Gasteiger partial charge is 0.251 e. The van der Waals surface area contributed by atoms with Crippen LogP contribution >= 0.6 is 38.5 Å². The Morgan fingerprint density at radius 2 is 2.07 bits per heavy atom. The molecule has 2 rings (SSSR count). The molecule has 1 aromatic rings. The van der Waals surface area contributed by atoms with Crippen LogP contribution in [0.4, 0.5) is 0 Å². The molecule has 1 aliphatic carbocycles. The molecule has 0 amide bonds. The van der Waals surface area contributed by atoms with Gasteiger partial charge in [0.2, 0.25) is 0 Å². The number of aromatic nitrogens is 1. The van der Waals surface area contributed by atoms with Gasteiger partial charge in [0.25, 0.3) is 5.56 Å². The van der Waals surface area contributed by atoms with E-state index in [2.05, 4.69) is 38.5 Å². The van der Waals surface area contributed by atoms with E-state index in [4.69, 9.17) is 0 Å². The minimum absolute atomic E-state index is 0.0465. The number of hydrogen-bond acceptors (Lipinski definition) is 2. The molecule has 0 bridgehead atoms. The van der Waals surface area contributed by atoms with Crippen molar-refractivity contribution in [2.75, 3.05) is 0 Å². The highest BCUT2D eigenvalue weighted by atomic mass is 127. The zero-order chi connectivity index (χ0) is 10.3. The van der Waals surface area contributed by atoms with E-state index in [1.165, 1.54) is 0 Å². The maximum atomic E-state index is 11.6. The lowest BCUT2D eigenvalue weighted by Gasteiger charge is -2.26. The van der Waals surface area contributed by atoms with Gasteiger partial charge < -0.3 is 4.57 Å². The van der Waals surface area contributed by atoms with Crippen molar-refractivity contribution in [1.82, 2.24) is 4.57 Å². The number of rotatable bonds is 1. The van der Waals surface area contributed by atoms with Gasteiger partial charge in [-0.2, -0.15) is 0 Å². The lowest BCUT2D eigenvalue weighted by Crippen LogP contribution is -2.33. The van der Waals surface area contributed by atoms with Crippen molar-refractivity contribution in [2.45, 2.75) is 18.9 Å². The largest absolute Gasteiger partial charge is 0.310 e. The molecule has 5 heteroatoms. The van der Waals surface area contributed by atoms with Gasteiger partial charge in [-0.1, -0.05) is 0 Å². The molecule has 0 aliphatic heterocycles. The second-order valence-corrected chi connectivity index (χ2v) is 5.33. The molecule has 1 heterocycles. The van der Waals surface area contributed by atoms with Crippen LogP contribution in [0.3, 0.4) is 0 Å². The quantitative estimate of drug-likeness (QED) is 0.713. The summed E-state index contributed by atoms with van der Waals surface area (Å²) in [6.45, 7) is 0. The van der Waals surface area contributed by atoms with E-state index in [9.17, 15) is 9.59 Å². The minimum Gasteiger partial charge on any atom is -0.310 e. The zero-order valence-electron chi connectivity index (χ0n) is 7.17. The Hall–Kier alpha value is -0.170. The fourth-order valence-corrected chi connectivity index (χ4v) is 2.20. The standard InChI is InChI=1S/C9H7BrINO2/c10-7-3-9(14)12(4-8(7)11)5-1-6(13)2-5/h3-5H,1-2H2. The molecule has 0 saturated heterocycles. The van der Waals surface area contributed by atoms with Crippen molar-refractivity contribution < 1.29 is 4.79 Å². The van der Waals surface area contributed by atoms with Gasteiger partial charge in [0, 0.05) is 33.1 Å². The molecule has 0 unspecified atom stereocenters. The van der Waals surface area contributed by atoms with Gasteiger partial charge in [-0.15, -0.1) is 0 Å². The Bertz CT molecular complexity index is 447. The predicted octanol–water partition coefficient (Wildman–Crippen LogP) is 2.12. The van der Waals surface area contributed by atoms with Crippen molar-refractivity contribution in [3.05, 3.63) is 30.7 Å².